The van der Waals surface area contributed by atoms with Gasteiger partial charge in [-0.2, -0.15) is 4.98 Å². The van der Waals surface area contributed by atoms with Gasteiger partial charge in [0, 0.05) is 31.7 Å². The van der Waals surface area contributed by atoms with Gasteiger partial charge in [0.25, 0.3) is 0 Å². The molecule has 0 radical (unpaired) electrons. The van der Waals surface area contributed by atoms with Crippen molar-refractivity contribution >= 4 is 46.7 Å². The molecule has 2 amide bonds. The third kappa shape index (κ3) is 5.38. The summed E-state index contributed by atoms with van der Waals surface area (Å²) in [4.78, 5) is 24.1. The second-order valence-corrected chi connectivity index (χ2v) is 9.58. The third-order valence-electron chi connectivity index (χ3n) is 6.18. The van der Waals surface area contributed by atoms with E-state index in [9.17, 15) is 4.79 Å². The first kappa shape index (κ1) is 22.9. The molecule has 1 heterocycles. The van der Waals surface area contributed by atoms with Crippen LogP contribution >= 0.6 is 23.2 Å². The first-order chi connectivity index (χ1) is 15.4. The Labute approximate surface area is 199 Å². The maximum absolute atomic E-state index is 12.4. The summed E-state index contributed by atoms with van der Waals surface area (Å²) < 4.78 is 0. The van der Waals surface area contributed by atoms with Crippen LogP contribution < -0.4 is 20.9 Å². The van der Waals surface area contributed by atoms with E-state index in [2.05, 4.69) is 20.9 Å². The first-order valence-electron chi connectivity index (χ1n) is 11.3. The molecule has 172 valence electrons. The molecule has 2 aliphatic carbocycles. The minimum absolute atomic E-state index is 0.118. The quantitative estimate of drug-likeness (QED) is 0.547. The maximum atomic E-state index is 12.4. The van der Waals surface area contributed by atoms with E-state index in [0.717, 1.165) is 50.3 Å². The number of rotatable bonds is 5. The van der Waals surface area contributed by atoms with Crippen LogP contribution in [0.1, 0.15) is 49.8 Å². The van der Waals surface area contributed by atoms with Crippen LogP contribution in [0.5, 0.6) is 0 Å². The summed E-state index contributed by atoms with van der Waals surface area (Å²) in [7, 11) is 4.08. The molecule has 1 fully saturated rings. The Morgan fingerprint density at radius 2 is 1.75 bits per heavy atom. The van der Waals surface area contributed by atoms with Gasteiger partial charge < -0.3 is 20.9 Å². The molecular formula is C23H30Cl2N6O. The normalized spacial score (nSPS) is 20.2. The predicted molar refractivity (Wildman–Crippen MR) is 131 cm³/mol. The van der Waals surface area contributed by atoms with Crippen molar-refractivity contribution in [2.45, 2.75) is 63.5 Å². The predicted octanol–water partition coefficient (Wildman–Crippen LogP) is 5.27. The van der Waals surface area contributed by atoms with Crippen LogP contribution in [0.15, 0.2) is 18.2 Å². The number of urea groups is 1. The molecule has 1 aromatic carbocycles. The van der Waals surface area contributed by atoms with E-state index < -0.39 is 0 Å². The zero-order valence-corrected chi connectivity index (χ0v) is 20.1. The van der Waals surface area contributed by atoms with Crippen molar-refractivity contribution < 1.29 is 4.79 Å². The number of fused-ring (bicyclic) bond motifs is 1. The van der Waals surface area contributed by atoms with Gasteiger partial charge in [-0.15, -0.1) is 0 Å². The zero-order valence-electron chi connectivity index (χ0n) is 18.5. The van der Waals surface area contributed by atoms with E-state index in [0.29, 0.717) is 21.8 Å². The van der Waals surface area contributed by atoms with Crippen molar-refractivity contribution in [3.8, 4) is 0 Å². The maximum Gasteiger partial charge on any atom is 0.319 e. The molecule has 0 spiro atoms. The molecule has 2 aromatic rings. The van der Waals surface area contributed by atoms with Gasteiger partial charge in [0.15, 0.2) is 0 Å². The van der Waals surface area contributed by atoms with Crippen LogP contribution in [0.3, 0.4) is 0 Å². The molecule has 2 aliphatic rings. The van der Waals surface area contributed by atoms with Gasteiger partial charge in [0.1, 0.15) is 5.82 Å². The van der Waals surface area contributed by atoms with E-state index in [4.69, 9.17) is 33.2 Å². The highest BCUT2D eigenvalue weighted by Crippen LogP contribution is 2.31. The van der Waals surface area contributed by atoms with Gasteiger partial charge in [-0.3, -0.25) is 0 Å². The Balaban J connectivity index is 1.31. The summed E-state index contributed by atoms with van der Waals surface area (Å²) in [5, 5.41) is 10.1. The highest BCUT2D eigenvalue weighted by molar-refractivity contribution is 6.43. The average Bonchev–Trinajstić information content (AvgIpc) is 2.77. The smallest absolute Gasteiger partial charge is 0.319 e. The summed E-state index contributed by atoms with van der Waals surface area (Å²) in [5.41, 5.74) is 2.99. The average molecular weight is 477 g/mol. The van der Waals surface area contributed by atoms with E-state index in [1.807, 2.05) is 14.1 Å². The van der Waals surface area contributed by atoms with E-state index >= 15 is 0 Å². The fourth-order valence-electron chi connectivity index (χ4n) is 4.52. The van der Waals surface area contributed by atoms with Gasteiger partial charge >= 0.3 is 6.03 Å². The van der Waals surface area contributed by atoms with Gasteiger partial charge in [-0.05, 0) is 63.5 Å². The largest absolute Gasteiger partial charge is 0.362 e. The number of carbonyl (C=O) groups is 1. The van der Waals surface area contributed by atoms with Crippen molar-refractivity contribution in [2.24, 2.45) is 0 Å². The van der Waals surface area contributed by atoms with Crippen LogP contribution in [0.25, 0.3) is 0 Å². The Morgan fingerprint density at radius 1 is 1.03 bits per heavy atom. The van der Waals surface area contributed by atoms with Crippen molar-refractivity contribution in [2.75, 3.05) is 29.6 Å². The lowest BCUT2D eigenvalue weighted by Crippen LogP contribution is -2.42. The molecule has 0 atom stereocenters. The van der Waals surface area contributed by atoms with E-state index in [1.54, 1.807) is 18.2 Å². The van der Waals surface area contributed by atoms with E-state index in [-0.39, 0.29) is 12.1 Å². The number of nitrogens with one attached hydrogen (secondary N) is 3. The fraction of sp³-hybridized carbons (Fsp3) is 0.522. The summed E-state index contributed by atoms with van der Waals surface area (Å²) in [6.07, 6.45) is 8.15. The molecule has 0 saturated heterocycles. The summed E-state index contributed by atoms with van der Waals surface area (Å²) in [6.45, 7) is 0. The standard InChI is InChI=1S/C23H30Cl2N6O/c1-31(2)21-16-6-3-4-8-18(16)28-22(30-21)26-14-10-12-15(13-11-14)27-23(32)29-19-9-5-7-17(24)20(19)25/h5,7,9,14-15H,3-4,6,8,10-13H2,1-2H3,(H,26,28,30)(H2,27,29,32). The second-order valence-electron chi connectivity index (χ2n) is 8.79. The number of aromatic nitrogens is 2. The number of aryl methyl sites for hydroxylation is 1. The van der Waals surface area contributed by atoms with Gasteiger partial charge in [0.05, 0.1) is 21.4 Å². The fourth-order valence-corrected chi connectivity index (χ4v) is 4.87. The lowest BCUT2D eigenvalue weighted by atomic mass is 9.91. The number of anilines is 3. The van der Waals surface area contributed by atoms with Crippen molar-refractivity contribution in [1.82, 2.24) is 15.3 Å². The van der Waals surface area contributed by atoms with Crippen molar-refractivity contribution in [3.63, 3.8) is 0 Å². The Bertz CT molecular complexity index is 975. The highest BCUT2D eigenvalue weighted by Gasteiger charge is 2.25. The second kappa shape index (κ2) is 10.1. The van der Waals surface area contributed by atoms with Crippen molar-refractivity contribution in [3.05, 3.63) is 39.5 Å². The number of nitrogens with zero attached hydrogens (tertiary/aromatic N) is 3. The molecule has 1 aromatic heterocycles. The minimum Gasteiger partial charge on any atom is -0.362 e. The SMILES string of the molecule is CN(C)c1nc(NC2CCC(NC(=O)Nc3cccc(Cl)c3Cl)CC2)nc2c1CCCC2. The third-order valence-corrected chi connectivity index (χ3v) is 7.00. The van der Waals surface area contributed by atoms with Gasteiger partial charge in [-0.25, -0.2) is 9.78 Å². The summed E-state index contributed by atoms with van der Waals surface area (Å²) >= 11 is 12.2. The number of hydrogen-bond donors (Lipinski definition) is 3. The highest BCUT2D eigenvalue weighted by atomic mass is 35.5. The molecule has 1 saturated carbocycles. The number of amides is 2. The van der Waals surface area contributed by atoms with Crippen LogP contribution in [-0.4, -0.2) is 42.2 Å². The molecule has 0 bridgehead atoms. The molecule has 3 N–H and O–H groups in total. The number of halogens is 2. The van der Waals surface area contributed by atoms with Crippen LogP contribution in [0.4, 0.5) is 22.2 Å². The van der Waals surface area contributed by atoms with Crippen LogP contribution in [0, 0.1) is 0 Å². The lowest BCUT2D eigenvalue weighted by Gasteiger charge is -2.30. The van der Waals surface area contributed by atoms with E-state index in [1.165, 1.54) is 24.1 Å². The molecule has 0 unspecified atom stereocenters. The summed E-state index contributed by atoms with van der Waals surface area (Å²) in [6, 6.07) is 5.33. The van der Waals surface area contributed by atoms with Gasteiger partial charge in [0.2, 0.25) is 5.95 Å². The molecule has 4 rings (SSSR count). The lowest BCUT2D eigenvalue weighted by molar-refractivity contribution is 0.243. The minimum atomic E-state index is -0.265. The summed E-state index contributed by atoms with van der Waals surface area (Å²) in [5.74, 6) is 1.75. The van der Waals surface area contributed by atoms with Crippen LogP contribution in [0.2, 0.25) is 10.0 Å². The molecule has 32 heavy (non-hydrogen) atoms. The van der Waals surface area contributed by atoms with Crippen molar-refractivity contribution in [1.29, 1.82) is 0 Å². The Morgan fingerprint density at radius 3 is 2.50 bits per heavy atom. The van der Waals surface area contributed by atoms with Crippen LogP contribution in [-0.2, 0) is 12.8 Å². The number of hydrogen-bond acceptors (Lipinski definition) is 5. The number of carbonyl (C=O) groups excluding carboxylic acids is 1. The molecule has 0 aliphatic heterocycles. The molecule has 7 nitrogen and oxygen atoms in total. The van der Waals surface area contributed by atoms with Gasteiger partial charge in [-0.1, -0.05) is 29.3 Å². The number of benzene rings is 1. The molecule has 9 heteroatoms. The zero-order chi connectivity index (χ0) is 22.7. The topological polar surface area (TPSA) is 82.2 Å². The Hall–Kier alpha value is -2.25. The first-order valence-corrected chi connectivity index (χ1v) is 12.0. The monoisotopic (exact) mass is 476 g/mol. The molecular weight excluding hydrogens is 447 g/mol. The Kier molecular flexibility index (Phi) is 7.26.